The third-order valence-corrected chi connectivity index (χ3v) is 4.53. The van der Waals surface area contributed by atoms with Crippen LogP contribution in [0.5, 0.6) is 0 Å². The molecule has 1 saturated heterocycles. The topological polar surface area (TPSA) is 82.1 Å². The van der Waals surface area contributed by atoms with Gasteiger partial charge < -0.3 is 20.1 Å². The minimum atomic E-state index is -5.76. The summed E-state index contributed by atoms with van der Waals surface area (Å²) in [6.07, 6.45) is -17.4. The highest BCUT2D eigenvalue weighted by molar-refractivity contribution is 5.73. The van der Waals surface area contributed by atoms with Crippen LogP contribution in [-0.2, 0) is 16.1 Å². The van der Waals surface area contributed by atoms with Gasteiger partial charge in [-0.15, -0.1) is 0 Å². The van der Waals surface area contributed by atoms with Gasteiger partial charge in [-0.2, -0.15) is 26.3 Å². The lowest BCUT2D eigenvalue weighted by Crippen LogP contribution is -2.52. The average Bonchev–Trinajstić information content (AvgIpc) is 2.64. The number of nitrogens with one attached hydrogen (secondary N) is 1. The number of piperazine rings is 1. The van der Waals surface area contributed by atoms with Crippen LogP contribution < -0.4 is 5.32 Å². The first-order valence-corrected chi connectivity index (χ1v) is 9.14. The zero-order valence-electron chi connectivity index (χ0n) is 16.4. The van der Waals surface area contributed by atoms with E-state index in [2.05, 4.69) is 10.1 Å². The summed E-state index contributed by atoms with van der Waals surface area (Å²) in [6.45, 7) is 2.01. The fraction of sp³-hybridized carbons (Fsp3) is 0.556. The molecule has 0 bridgehead atoms. The van der Waals surface area contributed by atoms with Gasteiger partial charge in [-0.3, -0.25) is 9.69 Å². The van der Waals surface area contributed by atoms with Crippen LogP contribution >= 0.6 is 0 Å². The largest absolute Gasteiger partial charge is 0.480 e. The van der Waals surface area contributed by atoms with Gasteiger partial charge in [-0.05, 0) is 24.1 Å². The molecule has 0 aromatic heterocycles. The molecule has 1 aliphatic heterocycles. The van der Waals surface area contributed by atoms with Crippen molar-refractivity contribution in [1.29, 1.82) is 0 Å². The zero-order chi connectivity index (χ0) is 23.4. The summed E-state index contributed by atoms with van der Waals surface area (Å²) in [4.78, 5) is 25.3. The molecule has 0 aliphatic carbocycles. The van der Waals surface area contributed by atoms with Gasteiger partial charge in [-0.25, -0.2) is 4.79 Å². The Balaban J connectivity index is 1.96. The van der Waals surface area contributed by atoms with Crippen LogP contribution in [-0.4, -0.2) is 78.1 Å². The molecule has 7 nitrogen and oxygen atoms in total. The number of halogens is 6. The van der Waals surface area contributed by atoms with Crippen molar-refractivity contribution in [3.05, 3.63) is 29.3 Å². The second-order valence-corrected chi connectivity index (χ2v) is 7.02. The number of benzene rings is 1. The number of rotatable bonds is 6. The Morgan fingerprint density at radius 2 is 1.68 bits per heavy atom. The molecule has 0 atom stereocenters. The van der Waals surface area contributed by atoms with Crippen LogP contribution in [0, 0.1) is 6.92 Å². The van der Waals surface area contributed by atoms with E-state index < -0.39 is 30.5 Å². The fourth-order valence-corrected chi connectivity index (χ4v) is 2.99. The maximum Gasteiger partial charge on any atom is 0.434 e. The predicted octanol–water partition coefficient (Wildman–Crippen LogP) is 3.24. The van der Waals surface area contributed by atoms with Gasteiger partial charge >= 0.3 is 24.4 Å². The molecule has 2 rings (SSSR count). The lowest BCUT2D eigenvalue weighted by atomic mass is 10.1. The molecule has 1 amide bonds. The van der Waals surface area contributed by atoms with E-state index in [4.69, 9.17) is 5.11 Å². The van der Waals surface area contributed by atoms with Gasteiger partial charge in [0.05, 0.1) is 0 Å². The third kappa shape index (κ3) is 7.19. The quantitative estimate of drug-likeness (QED) is 0.639. The highest BCUT2D eigenvalue weighted by atomic mass is 19.4. The van der Waals surface area contributed by atoms with Crippen LogP contribution in [0.1, 0.15) is 11.1 Å². The Morgan fingerprint density at radius 1 is 1.10 bits per heavy atom. The second-order valence-electron chi connectivity index (χ2n) is 7.02. The first-order chi connectivity index (χ1) is 14.3. The number of aliphatic carboxylic acids is 1. The molecule has 0 unspecified atom stereocenters. The van der Waals surface area contributed by atoms with E-state index in [9.17, 15) is 35.9 Å². The predicted molar refractivity (Wildman–Crippen MR) is 96.5 cm³/mol. The maximum atomic E-state index is 12.6. The smallest absolute Gasteiger partial charge is 0.434 e. The molecule has 1 aliphatic rings. The van der Waals surface area contributed by atoms with E-state index in [-0.39, 0.29) is 32.7 Å². The summed E-state index contributed by atoms with van der Waals surface area (Å²) in [5.74, 6) is -1.05. The van der Waals surface area contributed by atoms with Crippen molar-refractivity contribution in [1.82, 2.24) is 9.80 Å². The van der Waals surface area contributed by atoms with Crippen LogP contribution in [0.3, 0.4) is 0 Å². The molecule has 174 valence electrons. The van der Waals surface area contributed by atoms with Gasteiger partial charge in [0, 0.05) is 38.4 Å². The lowest BCUT2D eigenvalue weighted by Gasteiger charge is -2.35. The first kappa shape index (κ1) is 24.6. The maximum absolute atomic E-state index is 12.6. The Labute approximate surface area is 173 Å². The van der Waals surface area contributed by atoms with Crippen molar-refractivity contribution >= 4 is 17.7 Å². The molecule has 2 N–H and O–H groups in total. The molecule has 0 spiro atoms. The standard InChI is InChI=1S/C18H21F6N3O4/c1-11-2-3-12(13(8-11)25-9-14(28)29)10-26-4-6-27(7-5-26)16(30)31-15(17(19,20)21)18(22,23)24/h2-3,8,15,25H,4-7,9-10H2,1H3,(H,28,29). The molecule has 0 radical (unpaired) electrons. The van der Waals surface area contributed by atoms with Gasteiger partial charge in [0.2, 0.25) is 0 Å². The molecular formula is C18H21F6N3O4. The summed E-state index contributed by atoms with van der Waals surface area (Å²) in [5.41, 5.74) is 2.26. The van der Waals surface area contributed by atoms with Gasteiger partial charge in [0.1, 0.15) is 6.54 Å². The Bertz CT molecular complexity index is 777. The van der Waals surface area contributed by atoms with Crippen molar-refractivity contribution in [2.24, 2.45) is 0 Å². The van der Waals surface area contributed by atoms with E-state index >= 15 is 0 Å². The minimum Gasteiger partial charge on any atom is -0.480 e. The van der Waals surface area contributed by atoms with Gasteiger partial charge in [0.15, 0.2) is 0 Å². The van der Waals surface area contributed by atoms with Crippen molar-refractivity contribution in [2.45, 2.75) is 31.9 Å². The highest BCUT2D eigenvalue weighted by Crippen LogP contribution is 2.36. The van der Waals surface area contributed by atoms with E-state index in [1.54, 1.807) is 12.1 Å². The molecular weight excluding hydrogens is 436 g/mol. The molecule has 1 heterocycles. The third-order valence-electron chi connectivity index (χ3n) is 4.53. The Morgan fingerprint density at radius 3 is 2.19 bits per heavy atom. The number of carboxylic acids is 1. The monoisotopic (exact) mass is 457 g/mol. The van der Waals surface area contributed by atoms with Gasteiger partial charge in [0.25, 0.3) is 6.10 Å². The highest BCUT2D eigenvalue weighted by Gasteiger charge is 2.60. The Hall–Kier alpha value is -2.70. The summed E-state index contributed by atoms with van der Waals surface area (Å²) >= 11 is 0. The van der Waals surface area contributed by atoms with Crippen molar-refractivity contribution in [3.8, 4) is 0 Å². The number of ether oxygens (including phenoxy) is 1. The number of hydrogen-bond acceptors (Lipinski definition) is 5. The number of carbonyl (C=O) groups excluding carboxylic acids is 1. The molecule has 1 aromatic carbocycles. The SMILES string of the molecule is Cc1ccc(CN2CCN(C(=O)OC(C(F)(F)F)C(F)(F)F)CC2)c(NCC(=O)O)c1. The number of carboxylic acid groups (broad SMARTS) is 1. The number of carbonyl (C=O) groups is 2. The van der Waals surface area contributed by atoms with E-state index in [1.807, 2.05) is 17.9 Å². The van der Waals surface area contributed by atoms with Crippen LogP contribution in [0.4, 0.5) is 36.8 Å². The van der Waals surface area contributed by atoms with Crippen LogP contribution in [0.2, 0.25) is 0 Å². The summed E-state index contributed by atoms with van der Waals surface area (Å²) < 4.78 is 79.1. The summed E-state index contributed by atoms with van der Waals surface area (Å²) in [6, 6.07) is 5.38. The molecule has 1 aromatic rings. The summed E-state index contributed by atoms with van der Waals surface area (Å²) in [5, 5.41) is 11.6. The molecule has 0 saturated carbocycles. The number of amides is 1. The number of aryl methyl sites for hydroxylation is 1. The second kappa shape index (κ2) is 9.62. The van der Waals surface area contributed by atoms with E-state index in [0.29, 0.717) is 12.2 Å². The number of alkyl halides is 6. The van der Waals surface area contributed by atoms with E-state index in [1.165, 1.54) is 0 Å². The van der Waals surface area contributed by atoms with Crippen molar-refractivity contribution in [3.63, 3.8) is 0 Å². The van der Waals surface area contributed by atoms with E-state index in [0.717, 1.165) is 16.0 Å². The normalized spacial score (nSPS) is 15.8. The zero-order valence-corrected chi connectivity index (χ0v) is 16.4. The molecule has 13 heteroatoms. The van der Waals surface area contributed by atoms with Crippen LogP contribution in [0.25, 0.3) is 0 Å². The number of nitrogens with zero attached hydrogens (tertiary/aromatic N) is 2. The molecule has 1 fully saturated rings. The minimum absolute atomic E-state index is 0.120. The lowest BCUT2D eigenvalue weighted by molar-refractivity contribution is -0.308. The number of hydrogen-bond donors (Lipinski definition) is 2. The summed E-state index contributed by atoms with van der Waals surface area (Å²) in [7, 11) is 0. The van der Waals surface area contributed by atoms with Gasteiger partial charge in [-0.1, -0.05) is 12.1 Å². The van der Waals surface area contributed by atoms with Crippen molar-refractivity contribution in [2.75, 3.05) is 38.0 Å². The number of anilines is 1. The fourth-order valence-electron chi connectivity index (χ4n) is 2.99. The average molecular weight is 457 g/mol. The van der Waals surface area contributed by atoms with Crippen LogP contribution in [0.15, 0.2) is 18.2 Å². The van der Waals surface area contributed by atoms with Crippen molar-refractivity contribution < 1.29 is 45.8 Å². The Kier molecular flexibility index (Phi) is 7.63. The first-order valence-electron chi connectivity index (χ1n) is 9.14. The molecule has 31 heavy (non-hydrogen) atoms.